The van der Waals surface area contributed by atoms with E-state index in [1.165, 1.54) is 4.90 Å². The highest BCUT2D eigenvalue weighted by atomic mass is 35.5. The molecule has 1 aromatic carbocycles. The summed E-state index contributed by atoms with van der Waals surface area (Å²) in [7, 11) is 0. The first-order valence-corrected chi connectivity index (χ1v) is 9.16. The zero-order valence-corrected chi connectivity index (χ0v) is 15.6. The van der Waals surface area contributed by atoms with Crippen LogP contribution in [0.5, 0.6) is 0 Å². The average molecular weight is 383 g/mol. The number of hydrogen-bond acceptors (Lipinski definition) is 5. The van der Waals surface area contributed by atoms with Crippen molar-refractivity contribution in [3.63, 3.8) is 0 Å². The highest BCUT2D eigenvalue weighted by Gasteiger charge is 2.30. The predicted octanol–water partition coefficient (Wildman–Crippen LogP) is 1.27. The Bertz CT molecular complexity index is 806. The Morgan fingerprint density at radius 1 is 1.48 bits per heavy atom. The molecule has 1 aromatic heterocycles. The van der Waals surface area contributed by atoms with E-state index < -0.39 is 0 Å². The van der Waals surface area contributed by atoms with Crippen molar-refractivity contribution in [1.82, 2.24) is 19.8 Å². The molecule has 2 aromatic rings. The quantitative estimate of drug-likeness (QED) is 0.623. The molecular formula is C16H21ClN5O2S+. The van der Waals surface area contributed by atoms with E-state index in [0.717, 1.165) is 31.6 Å². The second-order valence-corrected chi connectivity index (χ2v) is 6.91. The minimum absolute atomic E-state index is 0.0548. The van der Waals surface area contributed by atoms with E-state index in [-0.39, 0.29) is 11.9 Å². The maximum atomic E-state index is 12.0. The van der Waals surface area contributed by atoms with Gasteiger partial charge >= 0.3 is 5.97 Å². The second-order valence-electron chi connectivity index (χ2n) is 6.11. The molecule has 1 aliphatic heterocycles. The molecule has 2 heterocycles. The van der Waals surface area contributed by atoms with E-state index in [4.69, 9.17) is 28.6 Å². The summed E-state index contributed by atoms with van der Waals surface area (Å²) in [6, 6.07) is 7.32. The zero-order chi connectivity index (χ0) is 17.8. The number of rotatable bonds is 5. The fourth-order valence-corrected chi connectivity index (χ4v) is 3.54. The number of carbonyl (C=O) groups is 1. The highest BCUT2D eigenvalue weighted by molar-refractivity contribution is 7.71. The third-order valence-corrected chi connectivity index (χ3v) is 4.92. The SMILES string of the molecule is CCOC(=O)[C@H]1CCC[NH+](Cn2nnn(-c3cccc(Cl)c3)c2=S)C1. The normalized spacial score (nSPS) is 20.4. The van der Waals surface area contributed by atoms with Crippen LogP contribution >= 0.6 is 23.8 Å². The Balaban J connectivity index is 1.71. The number of halogens is 1. The number of nitrogens with one attached hydrogen (secondary N) is 1. The van der Waals surface area contributed by atoms with Crippen LogP contribution in [0.2, 0.25) is 5.02 Å². The number of quaternary nitrogens is 1. The van der Waals surface area contributed by atoms with Gasteiger partial charge in [-0.3, -0.25) is 4.79 Å². The highest BCUT2D eigenvalue weighted by Crippen LogP contribution is 2.14. The summed E-state index contributed by atoms with van der Waals surface area (Å²) in [5, 5.41) is 8.92. The molecule has 9 heteroatoms. The van der Waals surface area contributed by atoms with Crippen molar-refractivity contribution in [3.8, 4) is 5.69 Å². The molecule has 2 atom stereocenters. The van der Waals surface area contributed by atoms with Gasteiger partial charge in [0.25, 0.3) is 0 Å². The van der Waals surface area contributed by atoms with Gasteiger partial charge in [-0.2, -0.15) is 9.36 Å². The fraction of sp³-hybridized carbons (Fsp3) is 0.500. The van der Waals surface area contributed by atoms with Gasteiger partial charge in [-0.15, -0.1) is 0 Å². The molecule has 1 aliphatic rings. The lowest BCUT2D eigenvalue weighted by Crippen LogP contribution is -3.13. The summed E-state index contributed by atoms with van der Waals surface area (Å²) < 4.78 is 8.94. The van der Waals surface area contributed by atoms with Crippen molar-refractivity contribution >= 4 is 29.8 Å². The molecule has 1 saturated heterocycles. The molecule has 1 unspecified atom stereocenters. The van der Waals surface area contributed by atoms with E-state index in [0.29, 0.717) is 23.1 Å². The Morgan fingerprint density at radius 3 is 3.08 bits per heavy atom. The first kappa shape index (κ1) is 18.0. The number of nitrogens with zero attached hydrogens (tertiary/aromatic N) is 4. The predicted molar refractivity (Wildman–Crippen MR) is 95.2 cm³/mol. The third kappa shape index (κ3) is 4.26. The smallest absolute Gasteiger partial charge is 0.314 e. The van der Waals surface area contributed by atoms with Gasteiger partial charge in [0.2, 0.25) is 4.77 Å². The summed E-state index contributed by atoms with van der Waals surface area (Å²) in [5.74, 6) is -0.160. The van der Waals surface area contributed by atoms with Crippen molar-refractivity contribution < 1.29 is 14.4 Å². The van der Waals surface area contributed by atoms with Crippen LogP contribution in [0, 0.1) is 10.7 Å². The molecule has 134 valence electrons. The Labute approximate surface area is 156 Å². The van der Waals surface area contributed by atoms with Crippen molar-refractivity contribution in [3.05, 3.63) is 34.1 Å². The van der Waals surface area contributed by atoms with Gasteiger partial charge in [0.15, 0.2) is 6.67 Å². The van der Waals surface area contributed by atoms with Crippen LogP contribution in [0.15, 0.2) is 24.3 Å². The summed E-state index contributed by atoms with van der Waals surface area (Å²) in [5.41, 5.74) is 0.779. The summed E-state index contributed by atoms with van der Waals surface area (Å²) in [6.07, 6.45) is 1.86. The second kappa shape index (κ2) is 8.07. The van der Waals surface area contributed by atoms with E-state index in [1.54, 1.807) is 21.5 Å². The van der Waals surface area contributed by atoms with Gasteiger partial charge in [0, 0.05) is 5.02 Å². The third-order valence-electron chi connectivity index (χ3n) is 4.30. The number of ether oxygens (including phenoxy) is 1. The minimum Gasteiger partial charge on any atom is -0.466 e. The number of aromatic nitrogens is 4. The fourth-order valence-electron chi connectivity index (χ4n) is 3.11. The number of carbonyl (C=O) groups excluding carboxylic acids is 1. The maximum Gasteiger partial charge on any atom is 0.314 e. The van der Waals surface area contributed by atoms with Crippen LogP contribution in [0.4, 0.5) is 0 Å². The number of benzene rings is 1. The van der Waals surface area contributed by atoms with Gasteiger partial charge in [-0.05, 0) is 60.6 Å². The largest absolute Gasteiger partial charge is 0.466 e. The molecule has 0 bridgehead atoms. The summed E-state index contributed by atoms with van der Waals surface area (Å²) >= 11 is 11.5. The average Bonchev–Trinajstić information content (AvgIpc) is 2.96. The monoisotopic (exact) mass is 382 g/mol. The summed E-state index contributed by atoms with van der Waals surface area (Å²) in [4.78, 5) is 13.2. The molecule has 0 spiro atoms. The van der Waals surface area contributed by atoms with E-state index in [9.17, 15) is 4.79 Å². The number of esters is 1. The van der Waals surface area contributed by atoms with Crippen LogP contribution in [0.25, 0.3) is 5.69 Å². The molecule has 25 heavy (non-hydrogen) atoms. The molecule has 1 fully saturated rings. The van der Waals surface area contributed by atoms with Crippen molar-refractivity contribution in [2.24, 2.45) is 5.92 Å². The number of hydrogen-bond donors (Lipinski definition) is 1. The van der Waals surface area contributed by atoms with Gasteiger partial charge in [0.1, 0.15) is 5.92 Å². The molecule has 0 saturated carbocycles. The van der Waals surface area contributed by atoms with Gasteiger partial charge in [-0.25, -0.2) is 0 Å². The van der Waals surface area contributed by atoms with Gasteiger partial charge in [-0.1, -0.05) is 17.7 Å². The van der Waals surface area contributed by atoms with E-state index >= 15 is 0 Å². The van der Waals surface area contributed by atoms with Gasteiger partial charge in [0.05, 0.1) is 25.4 Å². The number of likely N-dealkylation sites (tertiary alicyclic amines) is 1. The minimum atomic E-state index is -0.106. The molecular weight excluding hydrogens is 362 g/mol. The molecule has 3 rings (SSSR count). The number of piperidine rings is 1. The lowest BCUT2D eigenvalue weighted by atomic mass is 9.99. The number of tetrazole rings is 1. The van der Waals surface area contributed by atoms with E-state index in [2.05, 4.69) is 10.4 Å². The van der Waals surface area contributed by atoms with Crippen LogP contribution in [-0.4, -0.2) is 45.5 Å². The molecule has 0 aliphatic carbocycles. The maximum absolute atomic E-state index is 12.0. The lowest BCUT2D eigenvalue weighted by molar-refractivity contribution is -0.930. The van der Waals surface area contributed by atoms with Crippen LogP contribution < -0.4 is 4.90 Å². The molecule has 0 amide bonds. The van der Waals surface area contributed by atoms with Crippen LogP contribution in [-0.2, 0) is 16.2 Å². The van der Waals surface area contributed by atoms with Crippen molar-refractivity contribution in [1.29, 1.82) is 0 Å². The standard InChI is InChI=1S/C16H20ClN5O2S/c1-2-24-15(23)12-5-4-8-20(10-12)11-21-16(25)22(19-18-21)14-7-3-6-13(17)9-14/h3,6-7,9,12H,2,4-5,8,10-11H2,1H3/p+1/t12-/m0/s1. The zero-order valence-electron chi connectivity index (χ0n) is 14.0. The molecule has 0 radical (unpaired) electrons. The molecule has 7 nitrogen and oxygen atoms in total. The van der Waals surface area contributed by atoms with Crippen molar-refractivity contribution in [2.45, 2.75) is 26.4 Å². The van der Waals surface area contributed by atoms with Gasteiger partial charge < -0.3 is 9.64 Å². The van der Waals surface area contributed by atoms with Crippen LogP contribution in [0.1, 0.15) is 19.8 Å². The summed E-state index contributed by atoms with van der Waals surface area (Å²) in [6.45, 7) is 4.53. The first-order valence-electron chi connectivity index (χ1n) is 8.37. The Morgan fingerprint density at radius 2 is 2.32 bits per heavy atom. The van der Waals surface area contributed by atoms with E-state index in [1.807, 2.05) is 19.1 Å². The topological polar surface area (TPSA) is 66.4 Å². The lowest BCUT2D eigenvalue weighted by Gasteiger charge is -2.28. The first-order chi connectivity index (χ1) is 12.1. The Kier molecular flexibility index (Phi) is 5.82. The Hall–Kier alpha value is -1.77. The van der Waals surface area contributed by atoms with Crippen LogP contribution in [0.3, 0.4) is 0 Å². The van der Waals surface area contributed by atoms with Crippen molar-refractivity contribution in [2.75, 3.05) is 19.7 Å². The molecule has 1 N–H and O–H groups in total.